The molecule has 18 heavy (non-hydrogen) atoms. The minimum atomic E-state index is 0.202. The first-order chi connectivity index (χ1) is 8.51. The summed E-state index contributed by atoms with van der Waals surface area (Å²) in [7, 11) is 0. The first kappa shape index (κ1) is 14.0. The van der Waals surface area contributed by atoms with Crippen LogP contribution < -0.4 is 5.32 Å². The van der Waals surface area contributed by atoms with E-state index in [-0.39, 0.29) is 5.54 Å². The summed E-state index contributed by atoms with van der Waals surface area (Å²) in [5.74, 6) is 0. The number of hydrogen-bond acceptors (Lipinski definition) is 3. The Morgan fingerprint density at radius 1 is 1.50 bits per heavy atom. The van der Waals surface area contributed by atoms with E-state index in [0.717, 1.165) is 24.1 Å². The first-order valence-electron chi connectivity index (χ1n) is 6.59. The minimum absolute atomic E-state index is 0.202. The monoisotopic (exact) mass is 311 g/mol. The van der Waals surface area contributed by atoms with Crippen molar-refractivity contribution < 1.29 is 0 Å². The first-order valence-corrected chi connectivity index (χ1v) is 7.38. The molecule has 1 saturated heterocycles. The van der Waals surface area contributed by atoms with Crippen LogP contribution in [0.25, 0.3) is 0 Å². The molecule has 0 aliphatic carbocycles. The maximum absolute atomic E-state index is 4.25. The fourth-order valence-electron chi connectivity index (χ4n) is 2.40. The van der Waals surface area contributed by atoms with Crippen LogP contribution >= 0.6 is 15.9 Å². The van der Waals surface area contributed by atoms with Crippen molar-refractivity contribution in [2.45, 2.75) is 45.3 Å². The molecule has 100 valence electrons. The predicted octanol–water partition coefficient (Wildman–Crippen LogP) is 2.81. The van der Waals surface area contributed by atoms with Gasteiger partial charge in [-0.2, -0.15) is 0 Å². The van der Waals surface area contributed by atoms with Crippen LogP contribution in [-0.4, -0.2) is 34.6 Å². The average Bonchev–Trinajstić information content (AvgIpc) is 2.32. The van der Waals surface area contributed by atoms with E-state index in [4.69, 9.17) is 0 Å². The van der Waals surface area contributed by atoms with Gasteiger partial charge in [-0.25, -0.2) is 0 Å². The van der Waals surface area contributed by atoms with Crippen LogP contribution in [0.1, 0.15) is 32.8 Å². The van der Waals surface area contributed by atoms with Gasteiger partial charge in [-0.15, -0.1) is 0 Å². The van der Waals surface area contributed by atoms with Crippen LogP contribution in [0.3, 0.4) is 0 Å². The van der Waals surface area contributed by atoms with Crippen LogP contribution in [0.2, 0.25) is 0 Å². The van der Waals surface area contributed by atoms with Crippen molar-refractivity contribution in [2.75, 3.05) is 13.1 Å². The van der Waals surface area contributed by atoms with Gasteiger partial charge in [-0.05, 0) is 47.8 Å². The van der Waals surface area contributed by atoms with Crippen LogP contribution in [0.4, 0.5) is 0 Å². The molecule has 1 aliphatic rings. The summed E-state index contributed by atoms with van der Waals surface area (Å²) >= 11 is 3.49. The molecule has 1 atom stereocenters. The number of nitrogens with one attached hydrogen (secondary N) is 1. The summed E-state index contributed by atoms with van der Waals surface area (Å²) < 4.78 is 1.06. The molecule has 4 heteroatoms. The predicted molar refractivity (Wildman–Crippen MR) is 78.5 cm³/mol. The third-order valence-electron chi connectivity index (χ3n) is 3.75. The highest BCUT2D eigenvalue weighted by Gasteiger charge is 2.33. The molecule has 2 rings (SSSR count). The lowest BCUT2D eigenvalue weighted by Crippen LogP contribution is -2.61. The van der Waals surface area contributed by atoms with E-state index in [1.54, 1.807) is 0 Å². The fourth-order valence-corrected chi connectivity index (χ4v) is 2.81. The fraction of sp³-hybridized carbons (Fsp3) is 0.643. The van der Waals surface area contributed by atoms with Crippen LogP contribution in [-0.2, 0) is 6.54 Å². The smallest absolute Gasteiger partial charge is 0.0410 e. The van der Waals surface area contributed by atoms with Gasteiger partial charge in [0.05, 0.1) is 0 Å². The third kappa shape index (κ3) is 3.31. The Balaban J connectivity index is 2.10. The maximum Gasteiger partial charge on any atom is 0.0410 e. The standard InChI is InChI=1S/C14H22BrN3/c1-4-13-9-18(14(2,3)10-17-13)8-11-5-12(15)7-16-6-11/h5-7,13,17H,4,8-10H2,1-3H3. The number of rotatable bonds is 3. The number of aromatic nitrogens is 1. The summed E-state index contributed by atoms with van der Waals surface area (Å²) in [6.07, 6.45) is 4.98. The molecule has 1 aliphatic heterocycles. The summed E-state index contributed by atoms with van der Waals surface area (Å²) in [6, 6.07) is 2.77. The van der Waals surface area contributed by atoms with Crippen molar-refractivity contribution in [1.82, 2.24) is 15.2 Å². The zero-order chi connectivity index (χ0) is 13.2. The molecule has 1 aromatic heterocycles. The number of nitrogens with zero attached hydrogens (tertiary/aromatic N) is 2. The Morgan fingerprint density at radius 2 is 2.28 bits per heavy atom. The van der Waals surface area contributed by atoms with Gasteiger partial charge in [0.2, 0.25) is 0 Å². The summed E-state index contributed by atoms with van der Waals surface area (Å²) in [5, 5.41) is 3.62. The zero-order valence-corrected chi connectivity index (χ0v) is 13.0. The molecule has 1 fully saturated rings. The lowest BCUT2D eigenvalue weighted by molar-refractivity contribution is 0.0576. The van der Waals surface area contributed by atoms with Gasteiger partial charge in [0.1, 0.15) is 0 Å². The average molecular weight is 312 g/mol. The van der Waals surface area contributed by atoms with Crippen molar-refractivity contribution in [3.05, 3.63) is 28.5 Å². The highest BCUT2D eigenvalue weighted by molar-refractivity contribution is 9.10. The normalized spacial score (nSPS) is 24.1. The molecule has 0 amide bonds. The molecule has 2 heterocycles. The molecule has 1 unspecified atom stereocenters. The van der Waals surface area contributed by atoms with E-state index in [1.807, 2.05) is 12.4 Å². The van der Waals surface area contributed by atoms with Crippen molar-refractivity contribution in [2.24, 2.45) is 0 Å². The molecule has 0 bridgehead atoms. The van der Waals surface area contributed by atoms with Crippen LogP contribution in [0.5, 0.6) is 0 Å². The lowest BCUT2D eigenvalue weighted by atomic mass is 9.96. The number of halogens is 1. The summed E-state index contributed by atoms with van der Waals surface area (Å²) in [4.78, 5) is 6.80. The zero-order valence-electron chi connectivity index (χ0n) is 11.4. The molecule has 1 aromatic rings. The molecular formula is C14H22BrN3. The van der Waals surface area contributed by atoms with E-state index in [0.29, 0.717) is 6.04 Å². The highest BCUT2D eigenvalue weighted by Crippen LogP contribution is 2.22. The minimum Gasteiger partial charge on any atom is -0.311 e. The second kappa shape index (κ2) is 5.68. The van der Waals surface area contributed by atoms with Crippen molar-refractivity contribution >= 4 is 15.9 Å². The Bertz CT molecular complexity index is 406. The molecule has 0 spiro atoms. The van der Waals surface area contributed by atoms with Gasteiger partial charge < -0.3 is 5.32 Å². The van der Waals surface area contributed by atoms with E-state index in [9.17, 15) is 0 Å². The lowest BCUT2D eigenvalue weighted by Gasteiger charge is -2.46. The Kier molecular flexibility index (Phi) is 4.41. The van der Waals surface area contributed by atoms with Gasteiger partial charge in [-0.1, -0.05) is 6.92 Å². The SMILES string of the molecule is CCC1CN(Cc2cncc(Br)c2)C(C)(C)CN1. The van der Waals surface area contributed by atoms with E-state index in [2.05, 4.69) is 58.0 Å². The second-order valence-electron chi connectivity index (χ2n) is 5.69. The second-order valence-corrected chi connectivity index (χ2v) is 6.61. The topological polar surface area (TPSA) is 28.2 Å². The molecule has 0 aromatic carbocycles. The Labute approximate surface area is 118 Å². The maximum atomic E-state index is 4.25. The highest BCUT2D eigenvalue weighted by atomic mass is 79.9. The third-order valence-corrected chi connectivity index (χ3v) is 4.18. The number of hydrogen-bond donors (Lipinski definition) is 1. The Hall–Kier alpha value is -0.450. The van der Waals surface area contributed by atoms with Crippen molar-refractivity contribution in [1.29, 1.82) is 0 Å². The Morgan fingerprint density at radius 3 is 2.94 bits per heavy atom. The van der Waals surface area contributed by atoms with Crippen molar-refractivity contribution in [3.63, 3.8) is 0 Å². The van der Waals surface area contributed by atoms with E-state index in [1.165, 1.54) is 12.0 Å². The van der Waals surface area contributed by atoms with Gasteiger partial charge in [0, 0.05) is 48.1 Å². The van der Waals surface area contributed by atoms with Crippen LogP contribution in [0.15, 0.2) is 22.9 Å². The summed E-state index contributed by atoms with van der Waals surface area (Å²) in [5.41, 5.74) is 1.47. The van der Waals surface area contributed by atoms with Gasteiger partial charge in [0.25, 0.3) is 0 Å². The molecule has 0 radical (unpaired) electrons. The molecular weight excluding hydrogens is 290 g/mol. The molecule has 1 N–H and O–H groups in total. The van der Waals surface area contributed by atoms with E-state index < -0.39 is 0 Å². The van der Waals surface area contributed by atoms with Gasteiger partial charge in [0.15, 0.2) is 0 Å². The number of piperazine rings is 1. The van der Waals surface area contributed by atoms with Gasteiger partial charge in [-0.3, -0.25) is 9.88 Å². The molecule has 0 saturated carbocycles. The summed E-state index contributed by atoms with van der Waals surface area (Å²) in [6.45, 7) is 9.98. The largest absolute Gasteiger partial charge is 0.311 e. The van der Waals surface area contributed by atoms with Gasteiger partial charge >= 0.3 is 0 Å². The van der Waals surface area contributed by atoms with Crippen LogP contribution in [0, 0.1) is 0 Å². The quantitative estimate of drug-likeness (QED) is 0.930. The van der Waals surface area contributed by atoms with Crippen molar-refractivity contribution in [3.8, 4) is 0 Å². The number of pyridine rings is 1. The molecule has 3 nitrogen and oxygen atoms in total. The van der Waals surface area contributed by atoms with E-state index >= 15 is 0 Å².